The summed E-state index contributed by atoms with van der Waals surface area (Å²) in [6.45, 7) is 0. The zero-order valence-corrected chi connectivity index (χ0v) is 18.2. The number of hydrogen-bond acceptors (Lipinski definition) is 7. The van der Waals surface area contributed by atoms with Gasteiger partial charge in [0.05, 0.1) is 37.2 Å². The van der Waals surface area contributed by atoms with Gasteiger partial charge in [-0.25, -0.2) is 19.9 Å². The number of nitrogens with one attached hydrogen (secondary N) is 1. The molecule has 176 valence electrons. The number of alkyl halides is 3. The van der Waals surface area contributed by atoms with Gasteiger partial charge < -0.3 is 15.0 Å². The Morgan fingerprint density at radius 1 is 1.12 bits per heavy atom. The van der Waals surface area contributed by atoms with Crippen molar-refractivity contribution in [3.8, 4) is 17.1 Å². The third-order valence-corrected chi connectivity index (χ3v) is 6.31. The van der Waals surface area contributed by atoms with Crippen LogP contribution in [0.25, 0.3) is 11.4 Å². The molecule has 0 unspecified atom stereocenters. The number of aromatic nitrogens is 4. The van der Waals surface area contributed by atoms with E-state index in [9.17, 15) is 18.0 Å². The second kappa shape index (κ2) is 8.54. The van der Waals surface area contributed by atoms with Crippen molar-refractivity contribution < 1.29 is 22.7 Å². The Morgan fingerprint density at radius 3 is 2.59 bits per heavy atom. The maximum atomic E-state index is 13.7. The molecule has 2 fully saturated rings. The molecule has 2 saturated heterocycles. The Labute approximate surface area is 193 Å². The molecule has 1 N–H and O–H groups in total. The second-order valence-electron chi connectivity index (χ2n) is 8.27. The summed E-state index contributed by atoms with van der Waals surface area (Å²) in [6, 6.07) is 6.65. The third kappa shape index (κ3) is 4.02. The van der Waals surface area contributed by atoms with Crippen LogP contribution in [0.15, 0.2) is 49.1 Å². The maximum Gasteiger partial charge on any atom is 0.434 e. The van der Waals surface area contributed by atoms with Crippen molar-refractivity contribution >= 4 is 11.7 Å². The van der Waals surface area contributed by atoms with E-state index >= 15 is 0 Å². The highest BCUT2D eigenvalue weighted by molar-refractivity contribution is 6.01. The second-order valence-corrected chi connectivity index (χ2v) is 8.27. The van der Waals surface area contributed by atoms with Crippen LogP contribution in [0.3, 0.4) is 0 Å². The van der Waals surface area contributed by atoms with Crippen molar-refractivity contribution in [2.45, 2.75) is 43.6 Å². The minimum absolute atomic E-state index is 0.0176. The van der Waals surface area contributed by atoms with E-state index < -0.39 is 11.9 Å². The molecule has 2 aliphatic rings. The van der Waals surface area contributed by atoms with Gasteiger partial charge in [-0.3, -0.25) is 4.79 Å². The van der Waals surface area contributed by atoms with Crippen LogP contribution in [0, 0.1) is 0 Å². The summed E-state index contributed by atoms with van der Waals surface area (Å²) in [6.07, 6.45) is 2.79. The fraction of sp³-hybridized carbons (Fsp3) is 0.348. The monoisotopic (exact) mass is 470 g/mol. The Hall–Kier alpha value is -3.76. The van der Waals surface area contributed by atoms with Crippen LogP contribution in [0.2, 0.25) is 0 Å². The first-order chi connectivity index (χ1) is 16.3. The predicted octanol–water partition coefficient (Wildman–Crippen LogP) is 3.82. The van der Waals surface area contributed by atoms with E-state index in [-0.39, 0.29) is 29.9 Å². The molecule has 3 atom stereocenters. The largest absolute Gasteiger partial charge is 0.497 e. The summed E-state index contributed by atoms with van der Waals surface area (Å²) in [5.41, 5.74) is 0.00574. The number of carbonyl (C=O) groups is 1. The first-order valence-corrected chi connectivity index (χ1v) is 10.8. The van der Waals surface area contributed by atoms with Crippen molar-refractivity contribution in [2.75, 3.05) is 12.4 Å². The molecule has 0 radical (unpaired) electrons. The van der Waals surface area contributed by atoms with E-state index in [1.807, 2.05) is 4.90 Å². The molecule has 1 aromatic carbocycles. The van der Waals surface area contributed by atoms with Gasteiger partial charge in [0, 0.05) is 24.0 Å². The molecule has 2 aliphatic heterocycles. The number of methoxy groups -OCH3 is 1. The number of anilines is 1. The number of nitrogens with zero attached hydrogens (tertiary/aromatic N) is 5. The quantitative estimate of drug-likeness (QED) is 0.606. The van der Waals surface area contributed by atoms with Gasteiger partial charge in [-0.2, -0.15) is 13.2 Å². The highest BCUT2D eigenvalue weighted by atomic mass is 19.4. The predicted molar refractivity (Wildman–Crippen MR) is 116 cm³/mol. The number of fused-ring (bicyclic) bond motifs is 2. The molecule has 4 heterocycles. The van der Waals surface area contributed by atoms with E-state index in [4.69, 9.17) is 4.74 Å². The fourth-order valence-electron chi connectivity index (χ4n) is 4.80. The van der Waals surface area contributed by atoms with E-state index in [1.54, 1.807) is 43.8 Å². The summed E-state index contributed by atoms with van der Waals surface area (Å²) in [5.74, 6) is 1.12. The number of hydrogen-bond donors (Lipinski definition) is 1. The van der Waals surface area contributed by atoms with Gasteiger partial charge in [-0.15, -0.1) is 0 Å². The molecule has 34 heavy (non-hydrogen) atoms. The molecule has 3 aromatic rings. The standard InChI is InChI=1S/C23H21F3N6O2/c1-34-14-4-5-15(16(10-14)21-27-7-2-8-28-21)22(33)32-13-3-6-18(32)17(9-13)31-20-12-29-19(11-30-20)23(24,25)26/h2,4-5,7-8,10-13,17-18H,3,6,9H2,1H3,(H,30,31)/t13-,17-,18+/m1/s1. The van der Waals surface area contributed by atoms with E-state index in [2.05, 4.69) is 25.3 Å². The van der Waals surface area contributed by atoms with Crippen LogP contribution in [-0.4, -0.2) is 56.0 Å². The zero-order valence-electron chi connectivity index (χ0n) is 18.2. The number of benzene rings is 1. The van der Waals surface area contributed by atoms with Gasteiger partial charge in [0.1, 0.15) is 11.6 Å². The molecular formula is C23H21F3N6O2. The van der Waals surface area contributed by atoms with Gasteiger partial charge in [-0.1, -0.05) is 0 Å². The Kier molecular flexibility index (Phi) is 5.54. The highest BCUT2D eigenvalue weighted by Gasteiger charge is 2.49. The molecule has 11 heteroatoms. The average Bonchev–Trinajstić information content (AvgIpc) is 3.41. The van der Waals surface area contributed by atoms with Gasteiger partial charge in [0.2, 0.25) is 0 Å². The van der Waals surface area contributed by atoms with Crippen molar-refractivity contribution in [1.82, 2.24) is 24.8 Å². The van der Waals surface area contributed by atoms with Crippen LogP contribution < -0.4 is 10.1 Å². The van der Waals surface area contributed by atoms with Crippen molar-refractivity contribution in [3.05, 3.63) is 60.3 Å². The summed E-state index contributed by atoms with van der Waals surface area (Å²) in [7, 11) is 1.55. The van der Waals surface area contributed by atoms with Gasteiger partial charge >= 0.3 is 6.18 Å². The average molecular weight is 470 g/mol. The molecule has 8 nitrogen and oxygen atoms in total. The summed E-state index contributed by atoms with van der Waals surface area (Å²) in [5, 5.41) is 3.17. The first-order valence-electron chi connectivity index (χ1n) is 10.8. The third-order valence-electron chi connectivity index (χ3n) is 6.31. The molecule has 0 aliphatic carbocycles. The molecule has 2 aromatic heterocycles. The number of carbonyl (C=O) groups excluding carboxylic acids is 1. The van der Waals surface area contributed by atoms with Gasteiger partial charge in [0.25, 0.3) is 5.91 Å². The fourth-order valence-corrected chi connectivity index (χ4v) is 4.80. The first kappa shape index (κ1) is 22.1. The maximum absolute atomic E-state index is 13.7. The van der Waals surface area contributed by atoms with E-state index in [0.29, 0.717) is 35.3 Å². The molecule has 5 rings (SSSR count). The molecule has 1 amide bonds. The molecular weight excluding hydrogens is 449 g/mol. The van der Waals surface area contributed by atoms with Crippen LogP contribution >= 0.6 is 0 Å². The Morgan fingerprint density at radius 2 is 1.91 bits per heavy atom. The minimum atomic E-state index is -4.54. The topological polar surface area (TPSA) is 93.1 Å². The number of rotatable bonds is 5. The number of ether oxygens (including phenoxy) is 1. The van der Waals surface area contributed by atoms with E-state index in [0.717, 1.165) is 19.0 Å². The van der Waals surface area contributed by atoms with Crippen molar-refractivity contribution in [1.29, 1.82) is 0 Å². The molecule has 0 spiro atoms. The van der Waals surface area contributed by atoms with Crippen LogP contribution in [0.1, 0.15) is 35.3 Å². The summed E-state index contributed by atoms with van der Waals surface area (Å²) < 4.78 is 43.6. The van der Waals surface area contributed by atoms with Crippen LogP contribution in [-0.2, 0) is 6.18 Å². The van der Waals surface area contributed by atoms with Gasteiger partial charge in [0.15, 0.2) is 11.5 Å². The smallest absolute Gasteiger partial charge is 0.434 e. The highest BCUT2D eigenvalue weighted by Crippen LogP contribution is 2.41. The van der Waals surface area contributed by atoms with E-state index in [1.165, 1.54) is 0 Å². The lowest BCUT2D eigenvalue weighted by Gasteiger charge is -2.26. The molecule has 0 saturated carbocycles. The lowest BCUT2D eigenvalue weighted by atomic mass is 9.95. The lowest BCUT2D eigenvalue weighted by molar-refractivity contribution is -0.141. The number of halogens is 3. The summed E-state index contributed by atoms with van der Waals surface area (Å²) >= 11 is 0. The van der Waals surface area contributed by atoms with Crippen molar-refractivity contribution in [3.63, 3.8) is 0 Å². The summed E-state index contributed by atoms with van der Waals surface area (Å²) in [4.78, 5) is 31.5. The van der Waals surface area contributed by atoms with Crippen molar-refractivity contribution in [2.24, 2.45) is 0 Å². The Balaban J connectivity index is 1.39. The number of amides is 1. The zero-order chi connectivity index (χ0) is 23.9. The SMILES string of the molecule is COc1ccc(C(=O)N2[C@@H]3CC[C@H]2[C@H](Nc2cnc(C(F)(F)F)cn2)C3)c(-c2ncccn2)c1. The van der Waals surface area contributed by atoms with Gasteiger partial charge in [-0.05, 0) is 43.5 Å². The normalized spacial score (nSPS) is 21.5. The van der Waals surface area contributed by atoms with Crippen LogP contribution in [0.4, 0.5) is 19.0 Å². The minimum Gasteiger partial charge on any atom is -0.497 e. The van der Waals surface area contributed by atoms with Crippen LogP contribution in [0.5, 0.6) is 5.75 Å². The Bertz CT molecular complexity index is 1190. The lowest BCUT2D eigenvalue weighted by Crippen LogP contribution is -2.40. The molecule has 2 bridgehead atoms.